The summed E-state index contributed by atoms with van der Waals surface area (Å²) in [7, 11) is 0. The van der Waals surface area contributed by atoms with E-state index in [4.69, 9.17) is 4.42 Å². The van der Waals surface area contributed by atoms with Crippen molar-refractivity contribution in [3.8, 4) is 0 Å². The van der Waals surface area contributed by atoms with E-state index in [1.807, 2.05) is 18.2 Å². The molecular weight excluding hydrogens is 316 g/mol. The molecule has 0 atom stereocenters. The van der Waals surface area contributed by atoms with Crippen molar-refractivity contribution in [2.75, 3.05) is 11.9 Å². The molecule has 0 aliphatic carbocycles. The quantitative estimate of drug-likeness (QED) is 0.662. The van der Waals surface area contributed by atoms with Crippen molar-refractivity contribution in [2.45, 2.75) is 19.8 Å². The van der Waals surface area contributed by atoms with Crippen LogP contribution in [0.3, 0.4) is 0 Å². The van der Waals surface area contributed by atoms with Crippen LogP contribution in [0.1, 0.15) is 40.7 Å². The lowest BCUT2D eigenvalue weighted by Crippen LogP contribution is -2.26. The standard InChI is InChI=1S/C20H20N2O3/c1-2-3-12-21-19(23)15-9-5-6-10-16(15)22-20(24)18-13-14-8-4-7-11-17(14)25-18/h4-11,13H,2-3,12H2,1H3,(H,21,23)(H,22,24). The molecule has 0 unspecified atom stereocenters. The van der Waals surface area contributed by atoms with Crippen molar-refractivity contribution in [1.82, 2.24) is 5.32 Å². The van der Waals surface area contributed by atoms with Gasteiger partial charge in [0.2, 0.25) is 0 Å². The molecule has 0 saturated carbocycles. The number of fused-ring (bicyclic) bond motifs is 1. The van der Waals surface area contributed by atoms with Gasteiger partial charge >= 0.3 is 0 Å². The summed E-state index contributed by atoms with van der Waals surface area (Å²) in [6, 6.07) is 16.0. The molecular formula is C20H20N2O3. The molecule has 0 saturated heterocycles. The first-order chi connectivity index (χ1) is 12.2. The zero-order valence-corrected chi connectivity index (χ0v) is 14.0. The maximum Gasteiger partial charge on any atom is 0.291 e. The van der Waals surface area contributed by atoms with Gasteiger partial charge in [0.1, 0.15) is 5.58 Å². The van der Waals surface area contributed by atoms with Crippen LogP contribution < -0.4 is 10.6 Å². The lowest BCUT2D eigenvalue weighted by atomic mass is 10.1. The summed E-state index contributed by atoms with van der Waals surface area (Å²) in [5, 5.41) is 6.49. The molecule has 2 N–H and O–H groups in total. The Morgan fingerprint density at radius 2 is 1.76 bits per heavy atom. The molecule has 0 radical (unpaired) electrons. The third kappa shape index (κ3) is 3.88. The molecule has 128 valence electrons. The fourth-order valence-electron chi connectivity index (χ4n) is 2.54. The van der Waals surface area contributed by atoms with Gasteiger partial charge in [-0.2, -0.15) is 0 Å². The number of unbranched alkanes of at least 4 members (excludes halogenated alkanes) is 1. The van der Waals surface area contributed by atoms with Gasteiger partial charge in [-0.25, -0.2) is 0 Å². The minimum absolute atomic E-state index is 0.200. The highest BCUT2D eigenvalue weighted by Crippen LogP contribution is 2.21. The van der Waals surface area contributed by atoms with Gasteiger partial charge in [-0.3, -0.25) is 9.59 Å². The molecule has 5 heteroatoms. The predicted octanol–water partition coefficient (Wildman–Crippen LogP) is 4.22. The van der Waals surface area contributed by atoms with Gasteiger partial charge in [0.25, 0.3) is 11.8 Å². The molecule has 2 amide bonds. The molecule has 3 aromatic rings. The molecule has 0 aliphatic rings. The first-order valence-corrected chi connectivity index (χ1v) is 8.36. The number of carbonyl (C=O) groups excluding carboxylic acids is 2. The van der Waals surface area contributed by atoms with Crippen LogP contribution >= 0.6 is 0 Å². The van der Waals surface area contributed by atoms with E-state index in [0.717, 1.165) is 18.2 Å². The number of rotatable bonds is 6. The Balaban J connectivity index is 1.78. The monoisotopic (exact) mass is 336 g/mol. The highest BCUT2D eigenvalue weighted by molar-refractivity contribution is 6.09. The second-order valence-electron chi connectivity index (χ2n) is 5.76. The number of hydrogen-bond donors (Lipinski definition) is 2. The molecule has 3 rings (SSSR count). The van der Waals surface area contributed by atoms with Crippen molar-refractivity contribution in [1.29, 1.82) is 0 Å². The van der Waals surface area contributed by atoms with Gasteiger partial charge in [0.05, 0.1) is 11.3 Å². The predicted molar refractivity (Wildman–Crippen MR) is 97.9 cm³/mol. The zero-order valence-electron chi connectivity index (χ0n) is 14.0. The van der Waals surface area contributed by atoms with Crippen molar-refractivity contribution >= 4 is 28.5 Å². The molecule has 5 nitrogen and oxygen atoms in total. The number of nitrogens with one attached hydrogen (secondary N) is 2. The second-order valence-corrected chi connectivity index (χ2v) is 5.76. The average Bonchev–Trinajstić information content (AvgIpc) is 3.06. The zero-order chi connectivity index (χ0) is 17.6. The van der Waals surface area contributed by atoms with Crippen LogP contribution in [0.25, 0.3) is 11.0 Å². The third-order valence-electron chi connectivity index (χ3n) is 3.89. The van der Waals surface area contributed by atoms with E-state index in [-0.39, 0.29) is 17.6 Å². The average molecular weight is 336 g/mol. The highest BCUT2D eigenvalue weighted by atomic mass is 16.3. The highest BCUT2D eigenvalue weighted by Gasteiger charge is 2.16. The summed E-state index contributed by atoms with van der Waals surface area (Å²) < 4.78 is 5.57. The van der Waals surface area contributed by atoms with Crippen LogP contribution in [0.15, 0.2) is 59.0 Å². The van der Waals surface area contributed by atoms with Gasteiger partial charge in [0, 0.05) is 11.9 Å². The Bertz CT molecular complexity index is 866. The Labute approximate surface area is 146 Å². The Kier molecular flexibility index (Phi) is 5.14. The van der Waals surface area contributed by atoms with E-state index in [9.17, 15) is 9.59 Å². The van der Waals surface area contributed by atoms with Gasteiger partial charge < -0.3 is 15.1 Å². The maximum absolute atomic E-state index is 12.5. The summed E-state index contributed by atoms with van der Waals surface area (Å²) in [6.45, 7) is 2.68. The van der Waals surface area contributed by atoms with E-state index in [0.29, 0.717) is 23.4 Å². The SMILES string of the molecule is CCCCNC(=O)c1ccccc1NC(=O)c1cc2ccccc2o1. The fourth-order valence-corrected chi connectivity index (χ4v) is 2.54. The fraction of sp³-hybridized carbons (Fsp3) is 0.200. The Morgan fingerprint density at radius 3 is 2.56 bits per heavy atom. The number of para-hydroxylation sites is 2. The second kappa shape index (κ2) is 7.66. The topological polar surface area (TPSA) is 71.3 Å². The third-order valence-corrected chi connectivity index (χ3v) is 3.89. The lowest BCUT2D eigenvalue weighted by molar-refractivity contribution is 0.0954. The summed E-state index contributed by atoms with van der Waals surface area (Å²) in [6.07, 6.45) is 1.92. The minimum Gasteiger partial charge on any atom is -0.451 e. The molecule has 0 fully saturated rings. The van der Waals surface area contributed by atoms with E-state index in [1.54, 1.807) is 36.4 Å². The van der Waals surface area contributed by atoms with Gasteiger partial charge in [-0.05, 0) is 30.7 Å². The first-order valence-electron chi connectivity index (χ1n) is 8.36. The van der Waals surface area contributed by atoms with Crippen molar-refractivity contribution in [3.63, 3.8) is 0 Å². The number of carbonyl (C=O) groups is 2. The molecule has 0 aliphatic heterocycles. The molecule has 1 heterocycles. The normalized spacial score (nSPS) is 10.6. The summed E-state index contributed by atoms with van der Waals surface area (Å²) >= 11 is 0. The first kappa shape index (κ1) is 16.8. The van der Waals surface area contributed by atoms with Crippen LogP contribution in [-0.2, 0) is 0 Å². The van der Waals surface area contributed by atoms with Crippen molar-refractivity contribution < 1.29 is 14.0 Å². The van der Waals surface area contributed by atoms with E-state index >= 15 is 0 Å². The summed E-state index contributed by atoms with van der Waals surface area (Å²) in [4.78, 5) is 24.8. The lowest BCUT2D eigenvalue weighted by Gasteiger charge is -2.10. The summed E-state index contributed by atoms with van der Waals surface area (Å²) in [5.41, 5.74) is 1.54. The molecule has 0 bridgehead atoms. The van der Waals surface area contributed by atoms with Crippen LogP contribution in [0, 0.1) is 0 Å². The maximum atomic E-state index is 12.5. The summed E-state index contributed by atoms with van der Waals surface area (Å²) in [5.74, 6) is -0.374. The smallest absolute Gasteiger partial charge is 0.291 e. The Hall–Kier alpha value is -3.08. The largest absolute Gasteiger partial charge is 0.451 e. The van der Waals surface area contributed by atoms with Crippen molar-refractivity contribution in [3.05, 3.63) is 65.9 Å². The van der Waals surface area contributed by atoms with Gasteiger partial charge in [-0.1, -0.05) is 43.7 Å². The number of amides is 2. The van der Waals surface area contributed by atoms with E-state index < -0.39 is 0 Å². The number of benzene rings is 2. The van der Waals surface area contributed by atoms with Crippen molar-refractivity contribution in [2.24, 2.45) is 0 Å². The van der Waals surface area contributed by atoms with Crippen LogP contribution in [0.4, 0.5) is 5.69 Å². The molecule has 0 spiro atoms. The van der Waals surface area contributed by atoms with Gasteiger partial charge in [0.15, 0.2) is 5.76 Å². The van der Waals surface area contributed by atoms with Crippen LogP contribution in [0.2, 0.25) is 0 Å². The number of furan rings is 1. The van der Waals surface area contributed by atoms with Crippen LogP contribution in [0.5, 0.6) is 0 Å². The van der Waals surface area contributed by atoms with E-state index in [1.165, 1.54) is 0 Å². The Morgan fingerprint density at radius 1 is 1.00 bits per heavy atom. The molecule has 2 aromatic carbocycles. The molecule has 1 aromatic heterocycles. The minimum atomic E-state index is -0.384. The number of anilines is 1. The van der Waals surface area contributed by atoms with E-state index in [2.05, 4.69) is 17.6 Å². The van der Waals surface area contributed by atoms with Gasteiger partial charge in [-0.15, -0.1) is 0 Å². The number of hydrogen-bond acceptors (Lipinski definition) is 3. The van der Waals surface area contributed by atoms with Crippen LogP contribution in [-0.4, -0.2) is 18.4 Å². The molecule has 25 heavy (non-hydrogen) atoms.